The third-order valence-corrected chi connectivity index (χ3v) is 4.30. The minimum absolute atomic E-state index is 0.146. The van der Waals surface area contributed by atoms with E-state index in [0.717, 1.165) is 13.8 Å². The van der Waals surface area contributed by atoms with Gasteiger partial charge in [0.15, 0.2) is 12.1 Å². The molecule has 0 saturated carbocycles. The molecule has 1 aromatic heterocycles. The van der Waals surface area contributed by atoms with Crippen LogP contribution < -0.4 is 0 Å². The molecule has 100 valence electrons. The van der Waals surface area contributed by atoms with Crippen molar-refractivity contribution >= 4 is 16.5 Å². The summed E-state index contributed by atoms with van der Waals surface area (Å²) in [6.07, 6.45) is 1.77. The molecular weight excluding hydrogens is 266 g/mol. The van der Waals surface area contributed by atoms with Crippen molar-refractivity contribution in [2.24, 2.45) is 0 Å². The second-order valence-corrected chi connectivity index (χ2v) is 6.07. The lowest BCUT2D eigenvalue weighted by Gasteiger charge is -2.12. The average Bonchev–Trinajstić information content (AvgIpc) is 2.84. The number of nitrogens with zero attached hydrogens (tertiary/aromatic N) is 3. The van der Waals surface area contributed by atoms with Crippen LogP contribution in [-0.4, -0.2) is 42.1 Å². The maximum absolute atomic E-state index is 12.0. The molecule has 2 aromatic rings. The van der Waals surface area contributed by atoms with E-state index in [2.05, 4.69) is 4.98 Å². The summed E-state index contributed by atoms with van der Waals surface area (Å²) in [6, 6.07) is 9.07. The summed E-state index contributed by atoms with van der Waals surface area (Å²) in [7, 11) is -0.961. The predicted molar refractivity (Wildman–Crippen MR) is 71.1 cm³/mol. The standard InChI is InChI=1S/C12H13N3O3S/c1-14(2)19(17,18)15-8-11(13-12(15)9-16)10-6-4-3-5-7-10/h3-9H,1-2H3. The molecule has 0 spiro atoms. The van der Waals surface area contributed by atoms with Crippen LogP contribution in [0.4, 0.5) is 0 Å². The molecule has 0 saturated heterocycles. The van der Waals surface area contributed by atoms with E-state index in [0.29, 0.717) is 12.0 Å². The fourth-order valence-electron chi connectivity index (χ4n) is 1.57. The summed E-state index contributed by atoms with van der Waals surface area (Å²) in [5.74, 6) is -0.146. The smallest absolute Gasteiger partial charge is 0.294 e. The van der Waals surface area contributed by atoms with Crippen LogP contribution in [0.15, 0.2) is 36.5 Å². The molecule has 1 aromatic carbocycles. The summed E-state index contributed by atoms with van der Waals surface area (Å²) < 4.78 is 26.0. The minimum Gasteiger partial charge on any atom is -0.294 e. The van der Waals surface area contributed by atoms with E-state index in [9.17, 15) is 13.2 Å². The Labute approximate surface area is 111 Å². The van der Waals surface area contributed by atoms with Crippen molar-refractivity contribution in [3.63, 3.8) is 0 Å². The van der Waals surface area contributed by atoms with Gasteiger partial charge in [0.1, 0.15) is 0 Å². The maximum Gasteiger partial charge on any atom is 0.308 e. The van der Waals surface area contributed by atoms with Crippen molar-refractivity contribution in [1.29, 1.82) is 0 Å². The Balaban J connectivity index is 2.60. The Kier molecular flexibility index (Phi) is 3.50. The third kappa shape index (κ3) is 2.42. The number of carbonyl (C=O) groups excluding carboxylic acids is 1. The van der Waals surface area contributed by atoms with Gasteiger partial charge in [-0.05, 0) is 0 Å². The van der Waals surface area contributed by atoms with E-state index in [1.807, 2.05) is 18.2 Å². The Morgan fingerprint density at radius 3 is 2.37 bits per heavy atom. The molecule has 19 heavy (non-hydrogen) atoms. The summed E-state index contributed by atoms with van der Waals surface area (Å²) >= 11 is 0. The molecule has 0 bridgehead atoms. The number of aromatic nitrogens is 2. The Bertz CT molecular complexity index is 690. The van der Waals surface area contributed by atoms with Gasteiger partial charge in [-0.25, -0.2) is 8.96 Å². The van der Waals surface area contributed by atoms with E-state index >= 15 is 0 Å². The first-order chi connectivity index (χ1) is 8.96. The lowest BCUT2D eigenvalue weighted by Crippen LogP contribution is -2.29. The Hall–Kier alpha value is -1.99. The number of hydrogen-bond acceptors (Lipinski definition) is 4. The fraction of sp³-hybridized carbons (Fsp3) is 0.167. The molecular formula is C12H13N3O3S. The molecule has 0 unspecified atom stereocenters. The highest BCUT2D eigenvalue weighted by Gasteiger charge is 2.22. The van der Waals surface area contributed by atoms with Crippen molar-refractivity contribution in [3.8, 4) is 11.3 Å². The summed E-state index contributed by atoms with van der Waals surface area (Å²) in [6.45, 7) is 0. The van der Waals surface area contributed by atoms with Crippen molar-refractivity contribution in [3.05, 3.63) is 42.4 Å². The average molecular weight is 279 g/mol. The topological polar surface area (TPSA) is 72.3 Å². The quantitative estimate of drug-likeness (QED) is 0.783. The summed E-state index contributed by atoms with van der Waals surface area (Å²) in [5, 5.41) is 0. The minimum atomic E-state index is -3.75. The second kappa shape index (κ2) is 4.94. The predicted octanol–water partition coefficient (Wildman–Crippen LogP) is 1.02. The molecule has 0 fully saturated rings. The third-order valence-electron chi connectivity index (χ3n) is 2.59. The van der Waals surface area contributed by atoms with Gasteiger partial charge in [0.05, 0.1) is 11.9 Å². The highest BCUT2D eigenvalue weighted by Crippen LogP contribution is 2.19. The fourth-order valence-corrected chi connectivity index (χ4v) is 2.47. The van der Waals surface area contributed by atoms with E-state index < -0.39 is 10.2 Å². The van der Waals surface area contributed by atoms with E-state index in [1.165, 1.54) is 20.3 Å². The van der Waals surface area contributed by atoms with Crippen LogP contribution in [0, 0.1) is 0 Å². The highest BCUT2D eigenvalue weighted by atomic mass is 32.2. The molecule has 1 heterocycles. The van der Waals surface area contributed by atoms with Gasteiger partial charge in [-0.15, -0.1) is 0 Å². The molecule has 0 aliphatic carbocycles. The Morgan fingerprint density at radius 1 is 1.21 bits per heavy atom. The molecule has 2 rings (SSSR count). The summed E-state index contributed by atoms with van der Waals surface area (Å²) in [4.78, 5) is 15.0. The van der Waals surface area contributed by atoms with Gasteiger partial charge < -0.3 is 0 Å². The van der Waals surface area contributed by atoms with E-state index in [1.54, 1.807) is 12.1 Å². The monoisotopic (exact) mass is 279 g/mol. The zero-order valence-corrected chi connectivity index (χ0v) is 11.3. The van der Waals surface area contributed by atoms with E-state index in [4.69, 9.17) is 0 Å². The van der Waals surface area contributed by atoms with Crippen molar-refractivity contribution in [1.82, 2.24) is 13.3 Å². The van der Waals surface area contributed by atoms with Crippen LogP contribution in [-0.2, 0) is 10.2 Å². The zero-order valence-electron chi connectivity index (χ0n) is 10.5. The Morgan fingerprint density at radius 2 is 1.84 bits per heavy atom. The molecule has 0 amide bonds. The van der Waals surface area contributed by atoms with Gasteiger partial charge >= 0.3 is 10.2 Å². The first-order valence-corrected chi connectivity index (χ1v) is 6.89. The summed E-state index contributed by atoms with van der Waals surface area (Å²) in [5.41, 5.74) is 1.19. The molecule has 0 aliphatic rings. The number of hydrogen-bond donors (Lipinski definition) is 0. The molecule has 6 nitrogen and oxygen atoms in total. The number of aldehydes is 1. The lowest BCUT2D eigenvalue weighted by atomic mass is 10.2. The van der Waals surface area contributed by atoms with Crippen molar-refractivity contribution in [2.45, 2.75) is 0 Å². The number of imidazole rings is 1. The number of rotatable bonds is 4. The van der Waals surface area contributed by atoms with Crippen LogP contribution in [0.5, 0.6) is 0 Å². The first kappa shape index (κ1) is 13.4. The van der Waals surface area contributed by atoms with Gasteiger partial charge in [0.25, 0.3) is 0 Å². The lowest BCUT2D eigenvalue weighted by molar-refractivity contribution is 0.111. The molecule has 0 aliphatic heterocycles. The van der Waals surface area contributed by atoms with Gasteiger partial charge in [0.2, 0.25) is 0 Å². The van der Waals surface area contributed by atoms with E-state index in [-0.39, 0.29) is 5.82 Å². The maximum atomic E-state index is 12.0. The van der Waals surface area contributed by atoms with Crippen LogP contribution in [0.2, 0.25) is 0 Å². The molecule has 7 heteroatoms. The molecule has 0 atom stereocenters. The van der Waals surface area contributed by atoms with Gasteiger partial charge in [0, 0.05) is 19.7 Å². The largest absolute Gasteiger partial charge is 0.308 e. The first-order valence-electron chi connectivity index (χ1n) is 5.50. The van der Waals surface area contributed by atoms with Gasteiger partial charge in [-0.3, -0.25) is 4.79 Å². The highest BCUT2D eigenvalue weighted by molar-refractivity contribution is 7.87. The second-order valence-electron chi connectivity index (χ2n) is 4.05. The normalized spacial score (nSPS) is 11.7. The zero-order chi connectivity index (χ0) is 14.0. The van der Waals surface area contributed by atoms with Crippen LogP contribution in [0.25, 0.3) is 11.3 Å². The molecule has 0 N–H and O–H groups in total. The van der Waals surface area contributed by atoms with Gasteiger partial charge in [-0.1, -0.05) is 30.3 Å². The number of carbonyl (C=O) groups is 1. The van der Waals surface area contributed by atoms with Crippen molar-refractivity contribution in [2.75, 3.05) is 14.1 Å². The van der Waals surface area contributed by atoms with Crippen LogP contribution >= 0.6 is 0 Å². The SMILES string of the molecule is CN(C)S(=O)(=O)n1cc(-c2ccccc2)nc1C=O. The number of benzene rings is 1. The van der Waals surface area contributed by atoms with Crippen LogP contribution in [0.3, 0.4) is 0 Å². The molecule has 0 radical (unpaired) electrons. The van der Waals surface area contributed by atoms with Gasteiger partial charge in [-0.2, -0.15) is 12.7 Å². The van der Waals surface area contributed by atoms with Crippen LogP contribution in [0.1, 0.15) is 10.6 Å². The van der Waals surface area contributed by atoms with Crippen molar-refractivity contribution < 1.29 is 13.2 Å².